The summed E-state index contributed by atoms with van der Waals surface area (Å²) < 4.78 is 0. The normalized spacial score (nSPS) is 18.7. The number of hydrogen-bond donors (Lipinski definition) is 3. The quantitative estimate of drug-likeness (QED) is 0.697. The summed E-state index contributed by atoms with van der Waals surface area (Å²) >= 11 is 0. The first-order valence-corrected chi connectivity index (χ1v) is 6.54. The van der Waals surface area contributed by atoms with Crippen LogP contribution in [-0.4, -0.2) is 54.4 Å². The van der Waals surface area contributed by atoms with Gasteiger partial charge in [-0.05, 0) is 38.6 Å². The van der Waals surface area contributed by atoms with E-state index in [4.69, 9.17) is 0 Å². The average Bonchev–Trinajstić information content (AvgIpc) is 3.00. The topological polar surface area (TPSA) is 77.2 Å². The Morgan fingerprint density at radius 3 is 3.00 bits per heavy atom. The fraction of sp³-hybridized carbons (Fsp3) is 0.538. The van der Waals surface area contributed by atoms with Crippen molar-refractivity contribution in [2.24, 2.45) is 0 Å². The lowest BCUT2D eigenvalue weighted by molar-refractivity contribution is -0.121. The maximum absolute atomic E-state index is 11.7. The molecule has 6 heteroatoms. The Hall–Kier alpha value is -1.66. The number of amides is 2. The molecule has 0 bridgehead atoms. The van der Waals surface area contributed by atoms with Crippen molar-refractivity contribution in [2.75, 3.05) is 26.7 Å². The van der Waals surface area contributed by atoms with E-state index in [9.17, 15) is 9.59 Å². The van der Waals surface area contributed by atoms with Crippen molar-refractivity contribution in [1.29, 1.82) is 0 Å². The number of aromatic amines is 1. The molecule has 2 rings (SSSR count). The van der Waals surface area contributed by atoms with Crippen LogP contribution in [0.15, 0.2) is 18.3 Å². The minimum atomic E-state index is -0.387. The van der Waals surface area contributed by atoms with E-state index < -0.39 is 0 Å². The number of imide groups is 1. The van der Waals surface area contributed by atoms with Gasteiger partial charge in [-0.2, -0.15) is 0 Å². The third kappa shape index (κ3) is 4.18. The van der Waals surface area contributed by atoms with Gasteiger partial charge >= 0.3 is 0 Å². The van der Waals surface area contributed by atoms with Gasteiger partial charge in [0.1, 0.15) is 5.69 Å². The van der Waals surface area contributed by atoms with E-state index in [0.717, 1.165) is 19.5 Å². The first-order valence-electron chi connectivity index (χ1n) is 6.54. The SMILES string of the molecule is CN(CC(=O)NC(=O)c1ccc[nH]1)CC1CCCN1. The molecular formula is C13H20N4O2. The second-order valence-corrected chi connectivity index (χ2v) is 4.95. The van der Waals surface area contributed by atoms with E-state index in [0.29, 0.717) is 11.7 Å². The molecule has 2 amide bonds. The highest BCUT2D eigenvalue weighted by molar-refractivity contribution is 6.04. The van der Waals surface area contributed by atoms with E-state index in [2.05, 4.69) is 15.6 Å². The Bertz CT molecular complexity index is 424. The van der Waals surface area contributed by atoms with Crippen molar-refractivity contribution in [1.82, 2.24) is 20.5 Å². The van der Waals surface area contributed by atoms with Gasteiger partial charge in [-0.25, -0.2) is 0 Å². The molecule has 2 heterocycles. The molecule has 3 N–H and O–H groups in total. The van der Waals surface area contributed by atoms with Crippen molar-refractivity contribution in [3.8, 4) is 0 Å². The van der Waals surface area contributed by atoms with Gasteiger partial charge in [0.15, 0.2) is 0 Å². The zero-order valence-electron chi connectivity index (χ0n) is 11.1. The van der Waals surface area contributed by atoms with Crippen LogP contribution < -0.4 is 10.6 Å². The van der Waals surface area contributed by atoms with E-state index in [1.54, 1.807) is 18.3 Å². The van der Waals surface area contributed by atoms with Crippen LogP contribution in [0.2, 0.25) is 0 Å². The van der Waals surface area contributed by atoms with Gasteiger partial charge in [0.25, 0.3) is 5.91 Å². The van der Waals surface area contributed by atoms with Gasteiger partial charge in [0, 0.05) is 18.8 Å². The Morgan fingerprint density at radius 2 is 2.37 bits per heavy atom. The predicted molar refractivity (Wildman–Crippen MR) is 71.8 cm³/mol. The van der Waals surface area contributed by atoms with Crippen LogP contribution in [-0.2, 0) is 4.79 Å². The average molecular weight is 264 g/mol. The molecule has 1 aliphatic heterocycles. The predicted octanol–water partition coefficient (Wildman–Crippen LogP) is -0.0451. The van der Waals surface area contributed by atoms with Crippen molar-refractivity contribution in [3.05, 3.63) is 24.0 Å². The first kappa shape index (κ1) is 13.8. The molecule has 1 saturated heterocycles. The first-order chi connectivity index (χ1) is 9.15. The Balaban J connectivity index is 1.72. The highest BCUT2D eigenvalue weighted by Gasteiger charge is 2.18. The zero-order valence-corrected chi connectivity index (χ0v) is 11.1. The number of carbonyl (C=O) groups excluding carboxylic acids is 2. The largest absolute Gasteiger partial charge is 0.357 e. The minimum absolute atomic E-state index is 0.227. The third-order valence-corrected chi connectivity index (χ3v) is 3.20. The van der Waals surface area contributed by atoms with E-state index in [-0.39, 0.29) is 18.4 Å². The molecule has 1 unspecified atom stereocenters. The molecular weight excluding hydrogens is 244 g/mol. The Morgan fingerprint density at radius 1 is 1.53 bits per heavy atom. The molecule has 1 fully saturated rings. The van der Waals surface area contributed by atoms with Crippen molar-refractivity contribution < 1.29 is 9.59 Å². The van der Waals surface area contributed by atoms with Gasteiger partial charge in [-0.1, -0.05) is 0 Å². The summed E-state index contributed by atoms with van der Waals surface area (Å²) in [5, 5.41) is 5.75. The summed E-state index contributed by atoms with van der Waals surface area (Å²) in [5.74, 6) is -0.664. The number of H-pyrrole nitrogens is 1. The number of likely N-dealkylation sites (N-methyl/N-ethyl adjacent to an activating group) is 1. The van der Waals surface area contributed by atoms with E-state index in [1.807, 2.05) is 11.9 Å². The number of carbonyl (C=O) groups is 2. The maximum Gasteiger partial charge on any atom is 0.274 e. The number of nitrogens with one attached hydrogen (secondary N) is 3. The van der Waals surface area contributed by atoms with Gasteiger partial charge in [0.05, 0.1) is 6.54 Å². The van der Waals surface area contributed by atoms with Crippen LogP contribution in [0.5, 0.6) is 0 Å². The van der Waals surface area contributed by atoms with Crippen molar-refractivity contribution in [2.45, 2.75) is 18.9 Å². The van der Waals surface area contributed by atoms with Gasteiger partial charge in [-0.15, -0.1) is 0 Å². The van der Waals surface area contributed by atoms with Crippen LogP contribution in [0.1, 0.15) is 23.3 Å². The lowest BCUT2D eigenvalue weighted by Crippen LogP contribution is -2.42. The summed E-state index contributed by atoms with van der Waals surface area (Å²) in [6.07, 6.45) is 3.99. The molecule has 1 atom stereocenters. The minimum Gasteiger partial charge on any atom is -0.357 e. The van der Waals surface area contributed by atoms with Crippen LogP contribution in [0.3, 0.4) is 0 Å². The van der Waals surface area contributed by atoms with Gasteiger partial charge in [-0.3, -0.25) is 19.8 Å². The number of nitrogens with zero attached hydrogens (tertiary/aromatic N) is 1. The molecule has 1 aromatic rings. The van der Waals surface area contributed by atoms with E-state index >= 15 is 0 Å². The molecule has 19 heavy (non-hydrogen) atoms. The van der Waals surface area contributed by atoms with Crippen LogP contribution in [0.4, 0.5) is 0 Å². The van der Waals surface area contributed by atoms with Crippen LogP contribution in [0, 0.1) is 0 Å². The number of aromatic nitrogens is 1. The molecule has 0 radical (unpaired) electrons. The molecule has 6 nitrogen and oxygen atoms in total. The van der Waals surface area contributed by atoms with Crippen molar-refractivity contribution in [3.63, 3.8) is 0 Å². The number of hydrogen-bond acceptors (Lipinski definition) is 4. The highest BCUT2D eigenvalue weighted by Crippen LogP contribution is 2.05. The van der Waals surface area contributed by atoms with Gasteiger partial charge in [0.2, 0.25) is 5.91 Å². The summed E-state index contributed by atoms with van der Waals surface area (Å²) in [7, 11) is 1.89. The second kappa shape index (κ2) is 6.49. The summed E-state index contributed by atoms with van der Waals surface area (Å²) in [6.45, 7) is 2.10. The smallest absolute Gasteiger partial charge is 0.274 e. The number of rotatable bonds is 5. The molecule has 0 aliphatic carbocycles. The standard InChI is InChI=1S/C13H20N4O2/c1-17(8-10-4-2-6-14-10)9-12(18)16-13(19)11-5-3-7-15-11/h3,5,7,10,14-15H,2,4,6,8-9H2,1H3,(H,16,18,19). The molecule has 0 saturated carbocycles. The third-order valence-electron chi connectivity index (χ3n) is 3.20. The highest BCUT2D eigenvalue weighted by atomic mass is 16.2. The fourth-order valence-electron chi connectivity index (χ4n) is 2.30. The lowest BCUT2D eigenvalue weighted by Gasteiger charge is -2.20. The van der Waals surface area contributed by atoms with Gasteiger partial charge < -0.3 is 10.3 Å². The van der Waals surface area contributed by atoms with E-state index in [1.165, 1.54) is 6.42 Å². The Labute approximate surface area is 112 Å². The lowest BCUT2D eigenvalue weighted by atomic mass is 10.2. The summed E-state index contributed by atoms with van der Waals surface area (Å²) in [5.41, 5.74) is 0.397. The maximum atomic E-state index is 11.7. The van der Waals surface area contributed by atoms with Crippen LogP contribution >= 0.6 is 0 Å². The second-order valence-electron chi connectivity index (χ2n) is 4.95. The fourth-order valence-corrected chi connectivity index (χ4v) is 2.30. The van der Waals surface area contributed by atoms with Crippen LogP contribution in [0.25, 0.3) is 0 Å². The molecule has 0 aromatic carbocycles. The summed E-state index contributed by atoms with van der Waals surface area (Å²) in [4.78, 5) is 28.1. The monoisotopic (exact) mass is 264 g/mol. The molecule has 104 valence electrons. The molecule has 1 aliphatic rings. The van der Waals surface area contributed by atoms with Crippen molar-refractivity contribution >= 4 is 11.8 Å². The Kier molecular flexibility index (Phi) is 4.70. The molecule has 0 spiro atoms. The zero-order chi connectivity index (χ0) is 13.7. The molecule has 1 aromatic heterocycles. The summed E-state index contributed by atoms with van der Waals surface area (Å²) in [6, 6.07) is 3.81.